The first-order valence-electron chi connectivity index (χ1n) is 9.04. The van der Waals surface area contributed by atoms with Gasteiger partial charge in [-0.05, 0) is 30.5 Å². The molecule has 2 heterocycles. The fourth-order valence-corrected chi connectivity index (χ4v) is 3.43. The van der Waals surface area contributed by atoms with E-state index in [9.17, 15) is 26.7 Å². The summed E-state index contributed by atoms with van der Waals surface area (Å²) in [6, 6.07) is 4.32. The van der Waals surface area contributed by atoms with E-state index in [0.717, 1.165) is 24.5 Å². The van der Waals surface area contributed by atoms with Crippen LogP contribution in [-0.4, -0.2) is 46.8 Å². The topological polar surface area (TPSA) is 75.5 Å². The van der Waals surface area contributed by atoms with E-state index in [1.807, 2.05) is 0 Å². The van der Waals surface area contributed by atoms with Gasteiger partial charge in [-0.25, -0.2) is 14.8 Å². The normalized spacial score (nSPS) is 19.9. The number of aromatic carboxylic acids is 1. The quantitative estimate of drug-likeness (QED) is 0.692. The van der Waals surface area contributed by atoms with E-state index >= 15 is 0 Å². The number of alkyl halides is 5. The third-order valence-electron chi connectivity index (χ3n) is 4.97. The summed E-state index contributed by atoms with van der Waals surface area (Å²) in [5.74, 6) is -1.25. The highest BCUT2D eigenvalue weighted by Gasteiger charge is 2.33. The Hall–Kier alpha value is -2.82. The van der Waals surface area contributed by atoms with Gasteiger partial charge in [0, 0.05) is 24.9 Å². The zero-order chi connectivity index (χ0) is 21.9. The van der Waals surface area contributed by atoms with Gasteiger partial charge in [0.15, 0.2) is 0 Å². The summed E-state index contributed by atoms with van der Waals surface area (Å²) in [4.78, 5) is 20.6. The molecule has 2 atom stereocenters. The fraction of sp³-hybridized carbons (Fsp3) is 0.421. The van der Waals surface area contributed by atoms with E-state index < -0.39 is 30.4 Å². The van der Waals surface area contributed by atoms with E-state index in [0.29, 0.717) is 18.4 Å². The van der Waals surface area contributed by atoms with Crippen LogP contribution in [-0.2, 0) is 10.9 Å². The minimum Gasteiger partial charge on any atom is -0.478 e. The van der Waals surface area contributed by atoms with Gasteiger partial charge in [-0.3, -0.25) is 0 Å². The molecule has 1 aliphatic heterocycles. The molecule has 0 radical (unpaired) electrons. The lowest BCUT2D eigenvalue weighted by atomic mass is 9.87. The van der Waals surface area contributed by atoms with Crippen molar-refractivity contribution in [3.05, 3.63) is 53.3 Å². The number of carboxylic acids is 1. The van der Waals surface area contributed by atoms with Crippen molar-refractivity contribution in [3.8, 4) is 0 Å². The molecular weight excluding hydrogens is 413 g/mol. The molecule has 1 aliphatic rings. The first-order valence-corrected chi connectivity index (χ1v) is 9.04. The Balaban J connectivity index is 1.82. The molecule has 0 amide bonds. The zero-order valence-corrected chi connectivity index (χ0v) is 15.5. The van der Waals surface area contributed by atoms with E-state index in [1.165, 1.54) is 12.1 Å². The number of carbonyl (C=O) groups is 1. The Bertz CT molecular complexity index is 859. The van der Waals surface area contributed by atoms with Crippen LogP contribution in [0.1, 0.15) is 40.2 Å². The second kappa shape index (κ2) is 8.90. The number of ether oxygens (including phenoxy) is 1. The number of nitrogens with zero attached hydrogens (tertiary/aromatic N) is 3. The minimum atomic E-state index is -4.44. The number of rotatable bonds is 6. The van der Waals surface area contributed by atoms with Crippen molar-refractivity contribution in [1.82, 2.24) is 9.97 Å². The third-order valence-corrected chi connectivity index (χ3v) is 4.97. The Morgan fingerprint density at radius 1 is 1.17 bits per heavy atom. The molecule has 0 saturated carbocycles. The van der Waals surface area contributed by atoms with Gasteiger partial charge in [0.05, 0.1) is 23.8 Å². The van der Waals surface area contributed by atoms with E-state index in [2.05, 4.69) is 14.7 Å². The Kier molecular flexibility index (Phi) is 6.49. The molecule has 162 valence electrons. The fourth-order valence-electron chi connectivity index (χ4n) is 3.43. The molecule has 2 aromatic rings. The maximum atomic E-state index is 12.8. The molecule has 30 heavy (non-hydrogen) atoms. The molecule has 0 aliphatic carbocycles. The number of hydrogen-bond donors (Lipinski definition) is 1. The maximum absolute atomic E-state index is 12.8. The van der Waals surface area contributed by atoms with Gasteiger partial charge >= 0.3 is 18.8 Å². The van der Waals surface area contributed by atoms with Crippen molar-refractivity contribution in [2.75, 3.05) is 18.1 Å². The SMILES string of the molecule is O=C(O)c1cnc(N2CC(c3ccc(C(F)(F)F)cc3)CC[C@H]2COC(F)F)nc1. The van der Waals surface area contributed by atoms with Gasteiger partial charge < -0.3 is 14.7 Å². The summed E-state index contributed by atoms with van der Waals surface area (Å²) < 4.78 is 67.8. The molecule has 1 aromatic carbocycles. The van der Waals surface area contributed by atoms with Crippen molar-refractivity contribution < 1.29 is 36.6 Å². The Morgan fingerprint density at radius 3 is 2.33 bits per heavy atom. The average Bonchev–Trinajstić information content (AvgIpc) is 2.71. The van der Waals surface area contributed by atoms with Crippen LogP contribution >= 0.6 is 0 Å². The lowest BCUT2D eigenvalue weighted by molar-refractivity contribution is -0.137. The largest absolute Gasteiger partial charge is 0.478 e. The van der Waals surface area contributed by atoms with Crippen molar-refractivity contribution in [3.63, 3.8) is 0 Å². The van der Waals surface area contributed by atoms with Crippen molar-refractivity contribution in [2.45, 2.75) is 37.6 Å². The lowest BCUT2D eigenvalue weighted by Gasteiger charge is -2.39. The van der Waals surface area contributed by atoms with Gasteiger partial charge in [-0.15, -0.1) is 0 Å². The summed E-state index contributed by atoms with van der Waals surface area (Å²) >= 11 is 0. The van der Waals surface area contributed by atoms with Crippen LogP contribution < -0.4 is 4.90 Å². The second-order valence-corrected chi connectivity index (χ2v) is 6.87. The molecule has 1 unspecified atom stereocenters. The number of halogens is 5. The molecule has 1 aromatic heterocycles. The molecule has 1 fully saturated rings. The Morgan fingerprint density at radius 2 is 1.80 bits per heavy atom. The van der Waals surface area contributed by atoms with Gasteiger partial charge in [0.25, 0.3) is 0 Å². The highest BCUT2D eigenvalue weighted by molar-refractivity contribution is 5.86. The third kappa shape index (κ3) is 5.21. The molecule has 1 N–H and O–H groups in total. The first-order chi connectivity index (χ1) is 14.1. The monoisotopic (exact) mass is 431 g/mol. The van der Waals surface area contributed by atoms with Gasteiger partial charge in [0.1, 0.15) is 0 Å². The lowest BCUT2D eigenvalue weighted by Crippen LogP contribution is -2.46. The van der Waals surface area contributed by atoms with Gasteiger partial charge in [-0.2, -0.15) is 22.0 Å². The van der Waals surface area contributed by atoms with Crippen LogP contribution in [0.5, 0.6) is 0 Å². The predicted octanol–water partition coefficient (Wildman–Crippen LogP) is 4.19. The van der Waals surface area contributed by atoms with E-state index in [4.69, 9.17) is 5.11 Å². The van der Waals surface area contributed by atoms with Crippen LogP contribution in [0, 0.1) is 0 Å². The number of benzene rings is 1. The zero-order valence-electron chi connectivity index (χ0n) is 15.5. The van der Waals surface area contributed by atoms with Crippen molar-refractivity contribution in [1.29, 1.82) is 0 Å². The smallest absolute Gasteiger partial charge is 0.416 e. The van der Waals surface area contributed by atoms with Crippen LogP contribution in [0.15, 0.2) is 36.7 Å². The van der Waals surface area contributed by atoms with Crippen LogP contribution in [0.3, 0.4) is 0 Å². The number of piperidine rings is 1. The average molecular weight is 431 g/mol. The van der Waals surface area contributed by atoms with Crippen LogP contribution in [0.2, 0.25) is 0 Å². The number of anilines is 1. The molecule has 6 nitrogen and oxygen atoms in total. The van der Waals surface area contributed by atoms with E-state index in [-0.39, 0.29) is 30.6 Å². The molecule has 0 bridgehead atoms. The first kappa shape index (κ1) is 21.9. The molecule has 11 heteroatoms. The van der Waals surface area contributed by atoms with E-state index in [1.54, 1.807) is 4.90 Å². The summed E-state index contributed by atoms with van der Waals surface area (Å²) in [7, 11) is 0. The molecular formula is C19H18F5N3O3. The molecule has 3 rings (SSSR count). The minimum absolute atomic E-state index is 0.129. The van der Waals surface area contributed by atoms with Gasteiger partial charge in [-0.1, -0.05) is 12.1 Å². The molecule has 1 saturated heterocycles. The van der Waals surface area contributed by atoms with Crippen LogP contribution in [0.25, 0.3) is 0 Å². The standard InChI is InChI=1S/C19H18F5N3O3/c20-17(21)30-10-15-6-3-12(11-1-4-14(5-2-11)19(22,23)24)9-27(15)18-25-7-13(8-26-18)16(28)29/h1-2,4-5,7-8,12,15,17H,3,6,9-10H2,(H,28,29)/t12?,15-/m0/s1. The highest BCUT2D eigenvalue weighted by atomic mass is 19.4. The van der Waals surface area contributed by atoms with Crippen molar-refractivity contribution in [2.24, 2.45) is 0 Å². The Labute approximate surface area is 168 Å². The highest BCUT2D eigenvalue weighted by Crippen LogP contribution is 2.35. The molecule has 0 spiro atoms. The maximum Gasteiger partial charge on any atom is 0.416 e. The van der Waals surface area contributed by atoms with Crippen LogP contribution in [0.4, 0.5) is 27.9 Å². The summed E-state index contributed by atoms with van der Waals surface area (Å²) in [6.45, 7) is -2.98. The number of hydrogen-bond acceptors (Lipinski definition) is 5. The summed E-state index contributed by atoms with van der Waals surface area (Å²) in [5, 5.41) is 8.98. The second-order valence-electron chi connectivity index (χ2n) is 6.87. The van der Waals surface area contributed by atoms with Crippen molar-refractivity contribution >= 4 is 11.9 Å². The number of aromatic nitrogens is 2. The predicted molar refractivity (Wildman–Crippen MR) is 95.5 cm³/mol. The summed E-state index contributed by atoms with van der Waals surface area (Å²) in [6.07, 6.45) is -1.25. The van der Waals surface area contributed by atoms with Gasteiger partial charge in [0.2, 0.25) is 5.95 Å². The number of carboxylic acid groups (broad SMARTS) is 1. The summed E-state index contributed by atoms with van der Waals surface area (Å²) in [5.41, 5.74) is -0.214.